The molecule has 1 fully saturated rings. The molecule has 0 amide bonds. The summed E-state index contributed by atoms with van der Waals surface area (Å²) in [6.45, 7) is -0.103. The number of halogens is 1. The summed E-state index contributed by atoms with van der Waals surface area (Å²) in [4.78, 5) is -1.58. The predicted octanol–water partition coefficient (Wildman–Crippen LogP) is 2.47. The number of hydrogen-bond donors (Lipinski definition) is 0. The van der Waals surface area contributed by atoms with Crippen LogP contribution in [0.5, 0.6) is 0 Å². The average molecular weight is 298 g/mol. The third-order valence-corrected chi connectivity index (χ3v) is 5.66. The minimum atomic E-state index is -3.85. The Morgan fingerprint density at radius 3 is 2.84 bits per heavy atom. The van der Waals surface area contributed by atoms with Crippen molar-refractivity contribution in [3.8, 4) is 0 Å². The second-order valence-corrected chi connectivity index (χ2v) is 6.55. The first-order chi connectivity index (χ1) is 9.08. The fourth-order valence-corrected chi connectivity index (χ4v) is 4.30. The first-order valence-corrected chi connectivity index (χ1v) is 7.43. The van der Waals surface area contributed by atoms with Crippen LogP contribution in [0.1, 0.15) is 0 Å². The lowest BCUT2D eigenvalue weighted by Gasteiger charge is -2.25. The Morgan fingerprint density at radius 1 is 1.26 bits per heavy atom. The number of ether oxygens (including phenoxy) is 2. The van der Waals surface area contributed by atoms with E-state index in [0.717, 1.165) is 0 Å². The van der Waals surface area contributed by atoms with Crippen LogP contribution < -0.4 is 0 Å². The number of rotatable bonds is 2. The Kier molecular flexibility index (Phi) is 2.92. The summed E-state index contributed by atoms with van der Waals surface area (Å²) in [6, 6.07) is 6.28. The molecule has 99 valence electrons. The number of fused-ring (bicyclic) bond motifs is 1. The lowest BCUT2D eigenvalue weighted by molar-refractivity contribution is 0.0490. The van der Waals surface area contributed by atoms with E-state index in [9.17, 15) is 8.42 Å². The molecule has 3 rings (SSSR count). The highest BCUT2D eigenvalue weighted by Crippen LogP contribution is 2.43. The quantitative estimate of drug-likeness (QED) is 0.841. The van der Waals surface area contributed by atoms with Crippen molar-refractivity contribution >= 4 is 21.4 Å². The largest absolute Gasteiger partial charge is 0.467 e. The molecule has 6 heteroatoms. The van der Waals surface area contributed by atoms with E-state index in [0.29, 0.717) is 0 Å². The zero-order chi connectivity index (χ0) is 13.5. The van der Waals surface area contributed by atoms with Crippen LogP contribution in [0.15, 0.2) is 53.1 Å². The molecule has 1 heterocycles. The second kappa shape index (κ2) is 4.37. The molecule has 0 spiro atoms. The molecule has 19 heavy (non-hydrogen) atoms. The average Bonchev–Trinajstić information content (AvgIpc) is 2.84. The van der Waals surface area contributed by atoms with Gasteiger partial charge in [-0.15, -0.1) is 0 Å². The van der Waals surface area contributed by atoms with Crippen LogP contribution in [0.2, 0.25) is 5.02 Å². The standard InChI is InChI=1S/C13H10ClO4S/c14-10-5-1-2-6-11(10)19(15,16)13-8-4-3-7-12(13)17-9-18-13/h1-8H,9H2. The zero-order valence-electron chi connectivity index (χ0n) is 9.75. The van der Waals surface area contributed by atoms with Gasteiger partial charge in [-0.05, 0) is 24.3 Å². The van der Waals surface area contributed by atoms with Gasteiger partial charge in [0.2, 0.25) is 9.84 Å². The maximum atomic E-state index is 12.8. The van der Waals surface area contributed by atoms with Crippen molar-refractivity contribution in [2.24, 2.45) is 0 Å². The molecule has 1 aromatic rings. The van der Waals surface area contributed by atoms with Gasteiger partial charge >= 0.3 is 0 Å². The van der Waals surface area contributed by atoms with Crippen molar-refractivity contribution in [3.63, 3.8) is 0 Å². The Bertz CT molecular complexity index is 678. The minimum Gasteiger partial charge on any atom is -0.467 e. The molecular formula is C13H10ClO4S. The first kappa shape index (κ1) is 12.7. The highest BCUT2D eigenvalue weighted by molar-refractivity contribution is 7.93. The molecule has 0 N–H and O–H groups in total. The van der Waals surface area contributed by atoms with Crippen molar-refractivity contribution in [2.75, 3.05) is 6.79 Å². The molecule has 2 aliphatic rings. The highest BCUT2D eigenvalue weighted by atomic mass is 35.5. The van der Waals surface area contributed by atoms with E-state index < -0.39 is 14.8 Å². The van der Waals surface area contributed by atoms with E-state index in [2.05, 4.69) is 0 Å². The zero-order valence-corrected chi connectivity index (χ0v) is 11.3. The molecule has 1 aliphatic carbocycles. The van der Waals surface area contributed by atoms with Gasteiger partial charge in [-0.25, -0.2) is 8.42 Å². The fourth-order valence-electron chi connectivity index (χ4n) is 2.10. The summed E-state index contributed by atoms with van der Waals surface area (Å²) in [6.07, 6.45) is 6.37. The number of benzene rings is 1. The molecule has 1 atom stereocenters. The molecule has 0 bridgehead atoms. The van der Waals surface area contributed by atoms with Gasteiger partial charge in [0.1, 0.15) is 5.76 Å². The maximum absolute atomic E-state index is 12.8. The smallest absolute Gasteiger partial charge is 0.252 e. The summed E-state index contributed by atoms with van der Waals surface area (Å²) in [7, 11) is -3.85. The van der Waals surface area contributed by atoms with Crippen LogP contribution >= 0.6 is 11.6 Å². The normalized spacial score (nSPS) is 25.6. The van der Waals surface area contributed by atoms with E-state index in [1.165, 1.54) is 18.2 Å². The van der Waals surface area contributed by atoms with Crippen LogP contribution in [0.25, 0.3) is 0 Å². The van der Waals surface area contributed by atoms with Crippen molar-refractivity contribution in [1.29, 1.82) is 0 Å². The molecule has 1 saturated heterocycles. The molecule has 1 radical (unpaired) electrons. The van der Waals surface area contributed by atoms with Crippen LogP contribution in [-0.2, 0) is 19.3 Å². The molecule has 1 aromatic carbocycles. The van der Waals surface area contributed by atoms with Crippen molar-refractivity contribution < 1.29 is 17.9 Å². The number of sulfone groups is 1. The lowest BCUT2D eigenvalue weighted by Crippen LogP contribution is -2.38. The Morgan fingerprint density at radius 2 is 2.05 bits per heavy atom. The Balaban J connectivity index is 2.21. The summed E-state index contributed by atoms with van der Waals surface area (Å²) in [5.41, 5.74) is 0. The van der Waals surface area contributed by atoms with Gasteiger partial charge in [0.15, 0.2) is 6.79 Å². The van der Waals surface area contributed by atoms with Crippen LogP contribution in [0, 0.1) is 6.42 Å². The molecule has 4 nitrogen and oxygen atoms in total. The summed E-state index contributed by atoms with van der Waals surface area (Å²) in [5, 5.41) is 0.162. The molecular weight excluding hydrogens is 288 g/mol. The van der Waals surface area contributed by atoms with Gasteiger partial charge in [0.25, 0.3) is 4.93 Å². The van der Waals surface area contributed by atoms with Crippen LogP contribution in [0.3, 0.4) is 0 Å². The van der Waals surface area contributed by atoms with Gasteiger partial charge in [-0.2, -0.15) is 0 Å². The Hall–Kier alpha value is -1.30. The summed E-state index contributed by atoms with van der Waals surface area (Å²) in [5.74, 6) is 0.259. The van der Waals surface area contributed by atoms with Gasteiger partial charge < -0.3 is 9.47 Å². The molecule has 1 aliphatic heterocycles. The Labute approximate surface area is 116 Å². The first-order valence-electron chi connectivity index (χ1n) is 5.57. The van der Waals surface area contributed by atoms with Gasteiger partial charge in [-0.1, -0.05) is 29.8 Å². The number of hydrogen-bond acceptors (Lipinski definition) is 4. The summed E-state index contributed by atoms with van der Waals surface area (Å²) < 4.78 is 36.2. The maximum Gasteiger partial charge on any atom is 0.252 e. The topological polar surface area (TPSA) is 52.6 Å². The van der Waals surface area contributed by atoms with Crippen molar-refractivity contribution in [3.05, 3.63) is 59.7 Å². The number of allylic oxidation sites excluding steroid dienone is 2. The molecule has 0 aromatic heterocycles. The van der Waals surface area contributed by atoms with E-state index in [4.69, 9.17) is 21.1 Å². The predicted molar refractivity (Wildman–Crippen MR) is 69.9 cm³/mol. The summed E-state index contributed by atoms with van der Waals surface area (Å²) >= 11 is 5.99. The lowest BCUT2D eigenvalue weighted by atomic mass is 10.1. The van der Waals surface area contributed by atoms with Gasteiger partial charge in [-0.3, -0.25) is 0 Å². The minimum absolute atomic E-state index is 0.0274. The second-order valence-electron chi connectivity index (χ2n) is 4.09. The molecule has 0 saturated carbocycles. The SMILES string of the molecule is O=S(=O)(c1ccccc1Cl)C12C=C[CH]C=C1OCO2. The van der Waals surface area contributed by atoms with E-state index in [-0.39, 0.29) is 22.5 Å². The molecule has 1 unspecified atom stereocenters. The monoisotopic (exact) mass is 297 g/mol. The van der Waals surface area contributed by atoms with Gasteiger partial charge in [0.05, 0.1) is 9.92 Å². The highest BCUT2D eigenvalue weighted by Gasteiger charge is 2.53. The van der Waals surface area contributed by atoms with Gasteiger partial charge in [0, 0.05) is 6.42 Å². The van der Waals surface area contributed by atoms with Crippen LogP contribution in [0.4, 0.5) is 0 Å². The van der Waals surface area contributed by atoms with E-state index >= 15 is 0 Å². The third-order valence-electron chi connectivity index (χ3n) is 3.03. The third kappa shape index (κ3) is 1.73. The van der Waals surface area contributed by atoms with E-state index in [1.54, 1.807) is 30.7 Å². The van der Waals surface area contributed by atoms with Crippen molar-refractivity contribution in [1.82, 2.24) is 0 Å². The van der Waals surface area contributed by atoms with E-state index in [1.807, 2.05) is 0 Å². The van der Waals surface area contributed by atoms with Crippen LogP contribution in [-0.4, -0.2) is 20.1 Å². The van der Waals surface area contributed by atoms with Crippen molar-refractivity contribution in [2.45, 2.75) is 9.83 Å². The fraction of sp³-hybridized carbons (Fsp3) is 0.154.